The number of hydrogen-bond acceptors (Lipinski definition) is 4. The van der Waals surface area contributed by atoms with Gasteiger partial charge in [0.05, 0.1) is 16.8 Å². The van der Waals surface area contributed by atoms with Gasteiger partial charge in [-0.15, -0.1) is 0 Å². The highest BCUT2D eigenvalue weighted by Gasteiger charge is 2.35. The van der Waals surface area contributed by atoms with Crippen molar-refractivity contribution in [2.24, 2.45) is 0 Å². The van der Waals surface area contributed by atoms with Crippen LogP contribution in [0.5, 0.6) is 0 Å². The van der Waals surface area contributed by atoms with Crippen molar-refractivity contribution in [3.05, 3.63) is 236 Å². The molecule has 14 rings (SSSR count). The van der Waals surface area contributed by atoms with Crippen LogP contribution in [0.3, 0.4) is 0 Å². The average molecular weight is 937 g/mol. The second-order valence-electron chi connectivity index (χ2n) is 20.5. The summed E-state index contributed by atoms with van der Waals surface area (Å²) in [6.45, 7) is 6.90. The largest absolute Gasteiger partial charge is 0.456 e. The van der Waals surface area contributed by atoms with E-state index >= 15 is 0 Å². The number of para-hydroxylation sites is 1. The number of benzene rings is 11. The fraction of sp³-hybridized carbons (Fsp3) is 0.0588. The fourth-order valence-electron chi connectivity index (χ4n) is 11.3. The van der Waals surface area contributed by atoms with Gasteiger partial charge in [0.2, 0.25) is 0 Å². The molecule has 0 saturated heterocycles. The molecule has 2 aromatic heterocycles. The van der Waals surface area contributed by atoms with Crippen molar-refractivity contribution in [1.82, 2.24) is 0 Å². The van der Waals surface area contributed by atoms with Gasteiger partial charge in [-0.05, 0) is 122 Å². The summed E-state index contributed by atoms with van der Waals surface area (Å²) in [5.74, 6) is 0. The Balaban J connectivity index is 1.09. The van der Waals surface area contributed by atoms with Crippen LogP contribution in [0.15, 0.2) is 239 Å². The topological polar surface area (TPSA) is 41.6 Å². The van der Waals surface area contributed by atoms with E-state index in [0.717, 1.165) is 111 Å². The maximum absolute atomic E-state index is 7.19. The van der Waals surface area contributed by atoms with Gasteiger partial charge in [-0.1, -0.05) is 190 Å². The van der Waals surface area contributed by atoms with Crippen LogP contribution in [-0.4, -0.2) is 7.28 Å². The van der Waals surface area contributed by atoms with E-state index in [9.17, 15) is 0 Å². The summed E-state index contributed by atoms with van der Waals surface area (Å²) < 4.78 is 14.1. The Morgan fingerprint density at radius 2 is 1.08 bits per heavy atom. The molecule has 0 saturated carbocycles. The molecule has 0 unspecified atom stereocenters. The van der Waals surface area contributed by atoms with E-state index in [4.69, 9.17) is 8.83 Å². The van der Waals surface area contributed by atoms with Gasteiger partial charge in [-0.25, -0.2) is 0 Å². The first kappa shape index (κ1) is 42.8. The molecular weight excluding hydrogens is 888 g/mol. The van der Waals surface area contributed by atoms with Crippen LogP contribution in [0.25, 0.3) is 99.2 Å². The van der Waals surface area contributed by atoms with Crippen molar-refractivity contribution >= 4 is 101 Å². The van der Waals surface area contributed by atoms with E-state index in [1.54, 1.807) is 0 Å². The highest BCUT2D eigenvalue weighted by atomic mass is 16.3. The molecule has 0 amide bonds. The highest BCUT2D eigenvalue weighted by molar-refractivity contribution is 6.74. The molecule has 5 heteroatoms. The summed E-state index contributed by atoms with van der Waals surface area (Å²) >= 11 is 0. The second-order valence-corrected chi connectivity index (χ2v) is 20.5. The molecule has 0 bridgehead atoms. The minimum Gasteiger partial charge on any atom is -0.456 e. The lowest BCUT2D eigenvalue weighted by Gasteiger charge is -2.37. The Labute approximate surface area is 425 Å². The summed E-state index contributed by atoms with van der Waals surface area (Å²) in [5.41, 5.74) is 21.4. The Morgan fingerprint density at radius 1 is 0.438 bits per heavy atom. The van der Waals surface area contributed by atoms with E-state index in [0.29, 0.717) is 7.28 Å². The third-order valence-electron chi connectivity index (χ3n) is 15.0. The normalized spacial score (nSPS) is 12.4. The van der Waals surface area contributed by atoms with Crippen molar-refractivity contribution in [1.29, 1.82) is 0 Å². The zero-order valence-electron chi connectivity index (χ0n) is 40.9. The zero-order valence-corrected chi connectivity index (χ0v) is 40.9. The predicted molar refractivity (Wildman–Crippen MR) is 310 cm³/mol. The van der Waals surface area contributed by atoms with Gasteiger partial charge in [-0.3, -0.25) is 0 Å². The Morgan fingerprint density at radius 3 is 1.82 bits per heavy atom. The first-order chi connectivity index (χ1) is 35.8. The molecule has 4 nitrogen and oxygen atoms in total. The van der Waals surface area contributed by atoms with Crippen molar-refractivity contribution in [2.45, 2.75) is 26.2 Å². The summed E-state index contributed by atoms with van der Waals surface area (Å²) in [6, 6.07) is 83.4. The molecule has 1 aliphatic heterocycles. The number of rotatable bonds is 7. The second kappa shape index (κ2) is 16.8. The van der Waals surface area contributed by atoms with Crippen LogP contribution >= 0.6 is 0 Å². The monoisotopic (exact) mass is 936 g/mol. The van der Waals surface area contributed by atoms with Crippen LogP contribution in [0.2, 0.25) is 0 Å². The number of furan rings is 2. The molecule has 1 aliphatic rings. The standard InChI is InChI=1S/C68H49BN2O2/c1-68(2,3)49-30-35-58(52(40-49)45-21-11-6-12-22-45)71-59-41-53-51-25-15-16-26-60(51)73-67(53)64(65(59)69-56-33-36-61-63(66(56)71)55-38-46-23-13-14-24-47(46)39-62(55)72-61)54-37-48(43-19-9-5-10-20-43)29-34-57(54)70-50-31-27-44(28-32-50)42-17-7-4-8-18-42/h4-41,69-70H,1-3H3. The molecule has 0 fully saturated rings. The molecule has 0 radical (unpaired) electrons. The number of hydrogen-bond donors (Lipinski definition) is 1. The van der Waals surface area contributed by atoms with Crippen molar-refractivity contribution in [3.63, 3.8) is 0 Å². The lowest BCUT2D eigenvalue weighted by Crippen LogP contribution is -2.41. The molecule has 346 valence electrons. The van der Waals surface area contributed by atoms with Crippen molar-refractivity contribution in [3.8, 4) is 44.5 Å². The molecule has 0 atom stereocenters. The van der Waals surface area contributed by atoms with Gasteiger partial charge in [0, 0.05) is 49.9 Å². The maximum atomic E-state index is 7.19. The lowest BCUT2D eigenvalue weighted by molar-refractivity contribution is 0.590. The van der Waals surface area contributed by atoms with Gasteiger partial charge in [0.25, 0.3) is 0 Å². The van der Waals surface area contributed by atoms with E-state index in [2.05, 4.69) is 262 Å². The van der Waals surface area contributed by atoms with Crippen LogP contribution in [0.4, 0.5) is 28.4 Å². The lowest BCUT2D eigenvalue weighted by atomic mass is 9.57. The van der Waals surface area contributed by atoms with Crippen LogP contribution < -0.4 is 21.1 Å². The molecule has 13 aromatic rings. The summed E-state index contributed by atoms with van der Waals surface area (Å²) in [5, 5.41) is 10.6. The van der Waals surface area contributed by atoms with Gasteiger partial charge >= 0.3 is 0 Å². The van der Waals surface area contributed by atoms with E-state index in [1.807, 2.05) is 0 Å². The Kier molecular flexibility index (Phi) is 9.84. The molecule has 11 aromatic carbocycles. The van der Waals surface area contributed by atoms with Crippen molar-refractivity contribution in [2.75, 3.05) is 10.2 Å². The summed E-state index contributed by atoms with van der Waals surface area (Å²) in [7, 11) is 0.654. The van der Waals surface area contributed by atoms with Gasteiger partial charge in [-0.2, -0.15) is 0 Å². The number of anilines is 5. The molecule has 73 heavy (non-hydrogen) atoms. The van der Waals surface area contributed by atoms with Crippen LogP contribution in [0, 0.1) is 0 Å². The SMILES string of the molecule is CC(C)(C)c1ccc(N2c3cc4c(oc5ccccc54)c(-c4cc(-c5ccccc5)ccc4Nc4ccc(-c5ccccc5)cc4)c3Bc3ccc4oc5cc6ccccc6cc5c4c32)c(-c2ccccc2)c1. The third-order valence-corrected chi connectivity index (χ3v) is 15.0. The minimum atomic E-state index is -0.0844. The Bertz CT molecular complexity index is 4280. The molecule has 0 spiro atoms. The highest BCUT2D eigenvalue weighted by Crippen LogP contribution is 2.51. The van der Waals surface area contributed by atoms with Gasteiger partial charge < -0.3 is 19.1 Å². The third kappa shape index (κ3) is 7.22. The summed E-state index contributed by atoms with van der Waals surface area (Å²) in [4.78, 5) is 2.57. The maximum Gasteiger partial charge on any atom is 0.198 e. The van der Waals surface area contributed by atoms with E-state index in [1.165, 1.54) is 33.0 Å². The quantitative estimate of drug-likeness (QED) is 0.162. The summed E-state index contributed by atoms with van der Waals surface area (Å²) in [6.07, 6.45) is 0. The average Bonchev–Trinajstić information content (AvgIpc) is 4.00. The molecule has 0 aliphatic carbocycles. The molecule has 1 N–H and O–H groups in total. The number of nitrogens with one attached hydrogen (secondary N) is 1. The van der Waals surface area contributed by atoms with E-state index in [-0.39, 0.29) is 5.41 Å². The molecule has 3 heterocycles. The van der Waals surface area contributed by atoms with Crippen LogP contribution in [-0.2, 0) is 5.41 Å². The van der Waals surface area contributed by atoms with Crippen molar-refractivity contribution < 1.29 is 8.83 Å². The Hall–Kier alpha value is -9.06. The smallest absolute Gasteiger partial charge is 0.198 e. The predicted octanol–water partition coefficient (Wildman–Crippen LogP) is 17.5. The van der Waals surface area contributed by atoms with Gasteiger partial charge in [0.15, 0.2) is 7.28 Å². The van der Waals surface area contributed by atoms with Gasteiger partial charge in [0.1, 0.15) is 22.3 Å². The van der Waals surface area contributed by atoms with Crippen LogP contribution in [0.1, 0.15) is 26.3 Å². The fourth-order valence-corrected chi connectivity index (χ4v) is 11.3. The first-order valence-corrected chi connectivity index (χ1v) is 25.3. The number of fused-ring (bicyclic) bond motifs is 10. The number of nitrogens with zero attached hydrogens (tertiary/aromatic N) is 1. The molecular formula is C68H49BN2O2. The minimum absolute atomic E-state index is 0.0844. The first-order valence-electron chi connectivity index (χ1n) is 25.3. The zero-order chi connectivity index (χ0) is 48.8. The van der Waals surface area contributed by atoms with E-state index < -0.39 is 0 Å².